The standard InChI is InChI=1S/C20H15N5O3/c26-20(19-13-11-22-25-15(13)6-7-21-19)24-18-3-1-2-14(23-18)12-4-5-16-17(10-12)28-9-8-27-16/h1-7,10-11H,8-9H2,(H,22,25)(H,23,24,26). The van der Waals surface area contributed by atoms with Gasteiger partial charge < -0.3 is 14.8 Å². The molecule has 8 nitrogen and oxygen atoms in total. The SMILES string of the molecule is O=C(Nc1cccc(-c2ccc3c(c2)OCCO3)n1)c1nccc2[nH]ncc12. The largest absolute Gasteiger partial charge is 0.486 e. The Hall–Kier alpha value is -3.94. The van der Waals surface area contributed by atoms with Gasteiger partial charge in [0.15, 0.2) is 11.5 Å². The minimum absolute atomic E-state index is 0.290. The van der Waals surface area contributed by atoms with Crippen molar-refractivity contribution in [2.75, 3.05) is 18.5 Å². The number of rotatable bonds is 3. The van der Waals surface area contributed by atoms with Crippen LogP contribution in [0.5, 0.6) is 11.5 Å². The number of H-pyrrole nitrogens is 1. The lowest BCUT2D eigenvalue weighted by molar-refractivity contribution is 0.102. The van der Waals surface area contributed by atoms with E-state index in [1.165, 1.54) is 0 Å². The van der Waals surface area contributed by atoms with Crippen LogP contribution in [0, 0.1) is 0 Å². The van der Waals surface area contributed by atoms with E-state index in [1.807, 2.05) is 30.3 Å². The lowest BCUT2D eigenvalue weighted by atomic mass is 10.1. The zero-order valence-electron chi connectivity index (χ0n) is 14.7. The number of nitrogens with one attached hydrogen (secondary N) is 2. The van der Waals surface area contributed by atoms with Gasteiger partial charge in [-0.2, -0.15) is 5.10 Å². The summed E-state index contributed by atoms with van der Waals surface area (Å²) in [6.45, 7) is 1.07. The molecule has 1 aromatic carbocycles. The Morgan fingerprint density at radius 1 is 1.07 bits per heavy atom. The molecule has 5 rings (SSSR count). The Morgan fingerprint density at radius 3 is 2.89 bits per heavy atom. The van der Waals surface area contributed by atoms with Crippen molar-refractivity contribution >= 4 is 22.6 Å². The van der Waals surface area contributed by atoms with Gasteiger partial charge in [0.05, 0.1) is 22.8 Å². The number of aromatic amines is 1. The van der Waals surface area contributed by atoms with Crippen LogP contribution in [-0.2, 0) is 0 Å². The van der Waals surface area contributed by atoms with E-state index in [4.69, 9.17) is 9.47 Å². The molecular formula is C20H15N5O3. The monoisotopic (exact) mass is 373 g/mol. The molecule has 4 heterocycles. The minimum atomic E-state index is -0.348. The highest BCUT2D eigenvalue weighted by atomic mass is 16.6. The summed E-state index contributed by atoms with van der Waals surface area (Å²) in [7, 11) is 0. The van der Waals surface area contributed by atoms with Crippen molar-refractivity contribution in [3.05, 3.63) is 60.6 Å². The predicted octanol–water partition coefficient (Wildman–Crippen LogP) is 3.04. The van der Waals surface area contributed by atoms with Gasteiger partial charge in [-0.3, -0.25) is 14.9 Å². The van der Waals surface area contributed by atoms with Crippen molar-refractivity contribution in [2.45, 2.75) is 0 Å². The van der Waals surface area contributed by atoms with Crippen molar-refractivity contribution in [3.63, 3.8) is 0 Å². The molecule has 0 saturated heterocycles. The van der Waals surface area contributed by atoms with Crippen LogP contribution in [-0.4, -0.2) is 39.3 Å². The smallest absolute Gasteiger partial charge is 0.276 e. The zero-order valence-corrected chi connectivity index (χ0v) is 14.7. The Morgan fingerprint density at radius 2 is 1.96 bits per heavy atom. The van der Waals surface area contributed by atoms with E-state index in [2.05, 4.69) is 25.5 Å². The fourth-order valence-corrected chi connectivity index (χ4v) is 3.09. The van der Waals surface area contributed by atoms with E-state index in [0.717, 1.165) is 16.8 Å². The third-order valence-electron chi connectivity index (χ3n) is 4.41. The number of carbonyl (C=O) groups is 1. The maximum Gasteiger partial charge on any atom is 0.276 e. The molecule has 1 aliphatic heterocycles. The zero-order chi connectivity index (χ0) is 18.9. The highest BCUT2D eigenvalue weighted by molar-refractivity contribution is 6.10. The third kappa shape index (κ3) is 2.90. The Kier molecular flexibility index (Phi) is 3.86. The fraction of sp³-hybridized carbons (Fsp3) is 0.100. The number of anilines is 1. The van der Waals surface area contributed by atoms with Crippen LogP contribution in [0.4, 0.5) is 5.82 Å². The molecule has 0 fully saturated rings. The predicted molar refractivity (Wildman–Crippen MR) is 103 cm³/mol. The van der Waals surface area contributed by atoms with Crippen LogP contribution >= 0.6 is 0 Å². The van der Waals surface area contributed by atoms with E-state index in [1.54, 1.807) is 24.5 Å². The maximum absolute atomic E-state index is 12.7. The normalized spacial score (nSPS) is 12.7. The van der Waals surface area contributed by atoms with E-state index < -0.39 is 0 Å². The number of carbonyl (C=O) groups excluding carboxylic acids is 1. The molecule has 1 aliphatic rings. The van der Waals surface area contributed by atoms with Crippen LogP contribution < -0.4 is 14.8 Å². The van der Waals surface area contributed by atoms with Crippen molar-refractivity contribution in [3.8, 4) is 22.8 Å². The first-order chi connectivity index (χ1) is 13.8. The van der Waals surface area contributed by atoms with Gasteiger partial charge in [-0.05, 0) is 36.4 Å². The molecule has 0 atom stereocenters. The molecule has 2 N–H and O–H groups in total. The molecule has 0 saturated carbocycles. The first-order valence-corrected chi connectivity index (χ1v) is 8.74. The van der Waals surface area contributed by atoms with Gasteiger partial charge in [0, 0.05) is 11.8 Å². The summed E-state index contributed by atoms with van der Waals surface area (Å²) < 4.78 is 11.2. The van der Waals surface area contributed by atoms with Crippen molar-refractivity contribution in [1.29, 1.82) is 0 Å². The molecule has 0 unspecified atom stereocenters. The summed E-state index contributed by atoms with van der Waals surface area (Å²) in [5.74, 6) is 1.49. The van der Waals surface area contributed by atoms with Crippen LogP contribution in [0.15, 0.2) is 54.9 Å². The molecule has 3 aromatic heterocycles. The van der Waals surface area contributed by atoms with Gasteiger partial charge in [0.1, 0.15) is 24.7 Å². The highest BCUT2D eigenvalue weighted by Gasteiger charge is 2.15. The quantitative estimate of drug-likeness (QED) is 0.572. The first kappa shape index (κ1) is 16.2. The van der Waals surface area contributed by atoms with E-state index in [9.17, 15) is 4.79 Å². The maximum atomic E-state index is 12.7. The number of hydrogen-bond acceptors (Lipinski definition) is 6. The number of fused-ring (bicyclic) bond motifs is 2. The van der Waals surface area contributed by atoms with Gasteiger partial charge in [0.2, 0.25) is 0 Å². The van der Waals surface area contributed by atoms with Gasteiger partial charge >= 0.3 is 0 Å². The van der Waals surface area contributed by atoms with E-state index in [-0.39, 0.29) is 11.6 Å². The number of aromatic nitrogens is 4. The van der Waals surface area contributed by atoms with Crippen LogP contribution in [0.1, 0.15) is 10.5 Å². The van der Waals surface area contributed by atoms with Crippen LogP contribution in [0.25, 0.3) is 22.2 Å². The van der Waals surface area contributed by atoms with Crippen molar-refractivity contribution in [2.24, 2.45) is 0 Å². The van der Waals surface area contributed by atoms with Gasteiger partial charge in [-0.1, -0.05) is 6.07 Å². The number of ether oxygens (including phenoxy) is 2. The summed E-state index contributed by atoms with van der Waals surface area (Å²) >= 11 is 0. The second kappa shape index (κ2) is 6.66. The highest BCUT2D eigenvalue weighted by Crippen LogP contribution is 2.34. The molecule has 0 aliphatic carbocycles. The van der Waals surface area contributed by atoms with Crippen LogP contribution in [0.2, 0.25) is 0 Å². The van der Waals surface area contributed by atoms with Gasteiger partial charge in [-0.15, -0.1) is 0 Å². The number of nitrogens with zero attached hydrogens (tertiary/aromatic N) is 3. The molecule has 28 heavy (non-hydrogen) atoms. The van der Waals surface area contributed by atoms with Crippen molar-refractivity contribution in [1.82, 2.24) is 20.2 Å². The minimum Gasteiger partial charge on any atom is -0.486 e. The first-order valence-electron chi connectivity index (χ1n) is 8.74. The fourth-order valence-electron chi connectivity index (χ4n) is 3.09. The molecule has 138 valence electrons. The summed E-state index contributed by atoms with van der Waals surface area (Å²) in [4.78, 5) is 21.4. The number of pyridine rings is 2. The number of amides is 1. The summed E-state index contributed by atoms with van der Waals surface area (Å²) in [5.41, 5.74) is 2.62. The average Bonchev–Trinajstić information content (AvgIpc) is 3.22. The molecule has 0 bridgehead atoms. The molecular weight excluding hydrogens is 358 g/mol. The molecule has 8 heteroatoms. The summed E-state index contributed by atoms with van der Waals surface area (Å²) in [6, 6.07) is 12.9. The van der Waals surface area contributed by atoms with Gasteiger partial charge in [-0.25, -0.2) is 4.98 Å². The van der Waals surface area contributed by atoms with E-state index in [0.29, 0.717) is 35.9 Å². The summed E-state index contributed by atoms with van der Waals surface area (Å²) in [5, 5.41) is 10.2. The van der Waals surface area contributed by atoms with E-state index >= 15 is 0 Å². The Bertz CT molecular complexity index is 1190. The second-order valence-corrected chi connectivity index (χ2v) is 6.21. The Balaban J connectivity index is 1.43. The number of hydrogen-bond donors (Lipinski definition) is 2. The summed E-state index contributed by atoms with van der Waals surface area (Å²) in [6.07, 6.45) is 3.14. The topological polar surface area (TPSA) is 102 Å². The average molecular weight is 373 g/mol. The molecule has 1 amide bonds. The molecule has 0 spiro atoms. The molecule has 4 aromatic rings. The lowest BCUT2D eigenvalue weighted by Crippen LogP contribution is -2.15. The van der Waals surface area contributed by atoms with Gasteiger partial charge in [0.25, 0.3) is 5.91 Å². The van der Waals surface area contributed by atoms with Crippen LogP contribution in [0.3, 0.4) is 0 Å². The number of benzene rings is 1. The third-order valence-corrected chi connectivity index (χ3v) is 4.41. The second-order valence-electron chi connectivity index (χ2n) is 6.21. The lowest BCUT2D eigenvalue weighted by Gasteiger charge is -2.18. The van der Waals surface area contributed by atoms with Crippen molar-refractivity contribution < 1.29 is 14.3 Å². The Labute approximate surface area is 159 Å². The molecule has 0 radical (unpaired) electrons.